The average Bonchev–Trinajstić information content (AvgIpc) is 3.11. The van der Waals surface area contributed by atoms with Crippen molar-refractivity contribution in [2.75, 3.05) is 11.9 Å². The molecule has 6 nitrogen and oxygen atoms in total. The highest BCUT2D eigenvalue weighted by molar-refractivity contribution is 5.93. The highest BCUT2D eigenvalue weighted by atomic mass is 16.2. The molecule has 1 atom stereocenters. The molecule has 0 radical (unpaired) electrons. The third kappa shape index (κ3) is 4.43. The van der Waals surface area contributed by atoms with E-state index in [0.29, 0.717) is 24.2 Å². The van der Waals surface area contributed by atoms with Crippen molar-refractivity contribution in [3.63, 3.8) is 0 Å². The first-order chi connectivity index (χ1) is 13.1. The van der Waals surface area contributed by atoms with E-state index in [2.05, 4.69) is 10.6 Å². The van der Waals surface area contributed by atoms with E-state index in [9.17, 15) is 14.4 Å². The highest BCUT2D eigenvalue weighted by Crippen LogP contribution is 2.37. The molecule has 1 unspecified atom stereocenters. The molecule has 2 aromatic rings. The molecule has 0 bridgehead atoms. The van der Waals surface area contributed by atoms with Crippen LogP contribution in [0.25, 0.3) is 0 Å². The molecule has 6 heteroatoms. The van der Waals surface area contributed by atoms with Gasteiger partial charge < -0.3 is 10.6 Å². The van der Waals surface area contributed by atoms with Crippen LogP contribution in [0.5, 0.6) is 0 Å². The summed E-state index contributed by atoms with van der Waals surface area (Å²) in [5.41, 5.74) is 2.96. The Bertz CT molecular complexity index is 889. The van der Waals surface area contributed by atoms with Crippen LogP contribution in [0.15, 0.2) is 60.3 Å². The SMILES string of the molecule is Cc1cccc(NC(=O)NCC(=O)N2C(=C=O)CCC2c2ccccc2)c1. The standard InChI is InChI=1S/C21H21N3O3/c1-15-6-5-9-17(12-15)23-21(27)22-13-20(26)24-18(14-25)10-11-19(24)16-7-3-2-4-8-16/h2-9,12,19H,10-11,13H2,1H3,(H2,22,23,27). The number of hydrogen-bond donors (Lipinski definition) is 2. The fourth-order valence-electron chi connectivity index (χ4n) is 3.27. The predicted octanol–water partition coefficient (Wildman–Crippen LogP) is 3.20. The van der Waals surface area contributed by atoms with E-state index in [4.69, 9.17) is 0 Å². The number of likely N-dealkylation sites (tertiary alicyclic amines) is 1. The van der Waals surface area contributed by atoms with Crippen molar-refractivity contribution in [3.05, 3.63) is 71.4 Å². The number of nitrogens with zero attached hydrogens (tertiary/aromatic N) is 1. The molecule has 2 N–H and O–H groups in total. The third-order valence-corrected chi connectivity index (χ3v) is 4.50. The summed E-state index contributed by atoms with van der Waals surface area (Å²) in [6, 6.07) is 16.2. The quantitative estimate of drug-likeness (QED) is 0.819. The Labute approximate surface area is 157 Å². The van der Waals surface area contributed by atoms with Gasteiger partial charge in [-0.1, -0.05) is 42.5 Å². The largest absolute Gasteiger partial charge is 0.329 e. The van der Waals surface area contributed by atoms with Crippen molar-refractivity contribution < 1.29 is 14.4 Å². The van der Waals surface area contributed by atoms with Crippen molar-refractivity contribution in [1.82, 2.24) is 10.2 Å². The first kappa shape index (κ1) is 18.4. The Morgan fingerprint density at radius 3 is 2.63 bits per heavy atom. The Kier molecular flexibility index (Phi) is 5.69. The second-order valence-corrected chi connectivity index (χ2v) is 6.45. The van der Waals surface area contributed by atoms with Crippen molar-refractivity contribution >= 4 is 23.6 Å². The van der Waals surface area contributed by atoms with Gasteiger partial charge in [-0.15, -0.1) is 0 Å². The van der Waals surface area contributed by atoms with E-state index < -0.39 is 6.03 Å². The number of rotatable bonds is 4. The van der Waals surface area contributed by atoms with Crippen LogP contribution in [0.4, 0.5) is 10.5 Å². The lowest BCUT2D eigenvalue weighted by Crippen LogP contribution is -2.40. The summed E-state index contributed by atoms with van der Waals surface area (Å²) >= 11 is 0. The van der Waals surface area contributed by atoms with Gasteiger partial charge in [0, 0.05) is 12.1 Å². The molecule has 27 heavy (non-hydrogen) atoms. The van der Waals surface area contributed by atoms with Crippen LogP contribution >= 0.6 is 0 Å². The molecule has 1 saturated heterocycles. The summed E-state index contributed by atoms with van der Waals surface area (Å²) in [7, 11) is 0. The fourth-order valence-corrected chi connectivity index (χ4v) is 3.27. The number of hydrogen-bond acceptors (Lipinski definition) is 3. The fraction of sp³-hybridized carbons (Fsp3) is 0.238. The summed E-state index contributed by atoms with van der Waals surface area (Å²) in [4.78, 5) is 37.5. The van der Waals surface area contributed by atoms with Gasteiger partial charge in [0.05, 0.1) is 12.6 Å². The molecule has 0 saturated carbocycles. The second-order valence-electron chi connectivity index (χ2n) is 6.45. The van der Waals surface area contributed by atoms with Gasteiger partial charge in [-0.3, -0.25) is 9.69 Å². The van der Waals surface area contributed by atoms with Crippen LogP contribution in [0.1, 0.15) is 30.0 Å². The maximum atomic E-state index is 12.7. The lowest BCUT2D eigenvalue weighted by atomic mass is 10.0. The number of allylic oxidation sites excluding steroid dienone is 1. The molecule has 0 aliphatic carbocycles. The first-order valence-corrected chi connectivity index (χ1v) is 8.81. The van der Waals surface area contributed by atoms with Gasteiger partial charge in [0.1, 0.15) is 11.6 Å². The molecule has 2 aromatic carbocycles. The first-order valence-electron chi connectivity index (χ1n) is 8.81. The predicted molar refractivity (Wildman–Crippen MR) is 103 cm³/mol. The minimum Gasteiger partial charge on any atom is -0.329 e. The smallest absolute Gasteiger partial charge is 0.319 e. The van der Waals surface area contributed by atoms with Gasteiger partial charge in [0.25, 0.3) is 0 Å². The van der Waals surface area contributed by atoms with Crippen molar-refractivity contribution in [2.24, 2.45) is 0 Å². The zero-order valence-electron chi connectivity index (χ0n) is 15.1. The maximum Gasteiger partial charge on any atom is 0.319 e. The molecule has 3 rings (SSSR count). The second kappa shape index (κ2) is 8.34. The zero-order valence-corrected chi connectivity index (χ0v) is 15.1. The number of nitrogens with one attached hydrogen (secondary N) is 2. The number of carbonyl (C=O) groups is 2. The molecule has 1 aliphatic rings. The Morgan fingerprint density at radius 2 is 1.93 bits per heavy atom. The molecular formula is C21H21N3O3. The van der Waals surface area contributed by atoms with E-state index in [1.165, 1.54) is 4.90 Å². The van der Waals surface area contributed by atoms with Crippen molar-refractivity contribution in [2.45, 2.75) is 25.8 Å². The van der Waals surface area contributed by atoms with E-state index >= 15 is 0 Å². The molecular weight excluding hydrogens is 342 g/mol. The van der Waals surface area contributed by atoms with Crippen LogP contribution < -0.4 is 10.6 Å². The molecule has 0 spiro atoms. The van der Waals surface area contributed by atoms with E-state index in [-0.39, 0.29) is 18.5 Å². The molecule has 1 aliphatic heterocycles. The number of urea groups is 1. The Hall–Kier alpha value is -3.37. The lowest BCUT2D eigenvalue weighted by molar-refractivity contribution is -0.129. The minimum absolute atomic E-state index is 0.202. The summed E-state index contributed by atoms with van der Waals surface area (Å²) in [6.07, 6.45) is 1.15. The van der Waals surface area contributed by atoms with Gasteiger partial charge in [-0.2, -0.15) is 0 Å². The number of aryl methyl sites for hydroxylation is 1. The van der Waals surface area contributed by atoms with Crippen molar-refractivity contribution in [1.29, 1.82) is 0 Å². The molecule has 1 heterocycles. The molecule has 3 amide bonds. The van der Waals surface area contributed by atoms with Crippen molar-refractivity contribution in [3.8, 4) is 0 Å². The number of carbonyl (C=O) groups excluding carboxylic acids is 3. The third-order valence-electron chi connectivity index (χ3n) is 4.50. The Balaban J connectivity index is 1.64. The molecule has 138 valence electrons. The van der Waals surface area contributed by atoms with Gasteiger partial charge in [-0.05, 0) is 36.6 Å². The van der Waals surface area contributed by atoms with Crippen LogP contribution in [0, 0.1) is 6.92 Å². The number of anilines is 1. The minimum atomic E-state index is -0.471. The van der Waals surface area contributed by atoms with Gasteiger partial charge >= 0.3 is 6.03 Å². The number of benzene rings is 2. The normalized spacial score (nSPS) is 16.0. The Morgan fingerprint density at radius 1 is 1.15 bits per heavy atom. The van der Waals surface area contributed by atoms with Crippen LogP contribution in [0.3, 0.4) is 0 Å². The monoisotopic (exact) mass is 363 g/mol. The molecule has 1 fully saturated rings. The summed E-state index contributed by atoms with van der Waals surface area (Å²) in [5.74, 6) is 1.54. The highest BCUT2D eigenvalue weighted by Gasteiger charge is 2.34. The average molecular weight is 363 g/mol. The molecule has 0 aromatic heterocycles. The summed E-state index contributed by atoms with van der Waals surface area (Å²) in [5, 5.41) is 5.25. The van der Waals surface area contributed by atoms with Crippen LogP contribution in [0.2, 0.25) is 0 Å². The van der Waals surface area contributed by atoms with E-state index in [1.807, 2.05) is 61.4 Å². The summed E-state index contributed by atoms with van der Waals surface area (Å²) in [6.45, 7) is 1.73. The summed E-state index contributed by atoms with van der Waals surface area (Å²) < 4.78 is 0. The topological polar surface area (TPSA) is 78.5 Å². The lowest BCUT2D eigenvalue weighted by Gasteiger charge is -2.25. The zero-order chi connectivity index (χ0) is 19.2. The van der Waals surface area contributed by atoms with Crippen LogP contribution in [-0.2, 0) is 9.59 Å². The van der Waals surface area contributed by atoms with Gasteiger partial charge in [-0.25, -0.2) is 9.59 Å². The number of amides is 3. The van der Waals surface area contributed by atoms with Gasteiger partial charge in [0.2, 0.25) is 5.91 Å². The van der Waals surface area contributed by atoms with E-state index in [0.717, 1.165) is 11.1 Å². The van der Waals surface area contributed by atoms with E-state index in [1.54, 1.807) is 6.07 Å². The maximum absolute atomic E-state index is 12.7. The van der Waals surface area contributed by atoms with Gasteiger partial charge in [0.15, 0.2) is 0 Å². The van der Waals surface area contributed by atoms with Crippen LogP contribution in [-0.4, -0.2) is 29.3 Å².